The lowest BCUT2D eigenvalue weighted by Crippen LogP contribution is -2.38. The van der Waals surface area contributed by atoms with E-state index in [1.807, 2.05) is 27.7 Å². The Kier molecular flexibility index (Phi) is 7.66. The van der Waals surface area contributed by atoms with Gasteiger partial charge >= 0.3 is 0 Å². The minimum Gasteiger partial charge on any atom is -0.491 e. The third-order valence-corrected chi connectivity index (χ3v) is 7.02. The van der Waals surface area contributed by atoms with Gasteiger partial charge in [-0.2, -0.15) is 0 Å². The summed E-state index contributed by atoms with van der Waals surface area (Å²) < 4.78 is 33.7. The van der Waals surface area contributed by atoms with E-state index >= 15 is 0 Å². The molecule has 0 heterocycles. The van der Waals surface area contributed by atoms with E-state index < -0.39 is 22.5 Å². The summed E-state index contributed by atoms with van der Waals surface area (Å²) in [5.74, 6) is 0.112. The fourth-order valence-electron chi connectivity index (χ4n) is 3.14. The summed E-state index contributed by atoms with van der Waals surface area (Å²) in [6.45, 7) is 7.09. The quantitative estimate of drug-likeness (QED) is 0.451. The smallest absolute Gasteiger partial charge is 0.264 e. The van der Waals surface area contributed by atoms with Crippen LogP contribution in [0.15, 0.2) is 71.6 Å². The highest BCUT2D eigenvalue weighted by molar-refractivity contribution is 7.92. The van der Waals surface area contributed by atoms with Gasteiger partial charge in [0, 0.05) is 16.8 Å². The Balaban J connectivity index is 1.92. The summed E-state index contributed by atoms with van der Waals surface area (Å²) in [5.41, 5.74) is 2.55. The Bertz CT molecular complexity index is 1240. The number of amides is 1. The van der Waals surface area contributed by atoms with Crippen LogP contribution in [-0.2, 0) is 14.8 Å². The van der Waals surface area contributed by atoms with Crippen LogP contribution in [0.2, 0.25) is 5.02 Å². The van der Waals surface area contributed by atoms with E-state index in [2.05, 4.69) is 5.32 Å². The fraction of sp³-hybridized carbons (Fsp3) is 0.240. The first-order valence-electron chi connectivity index (χ1n) is 10.5. The van der Waals surface area contributed by atoms with E-state index in [9.17, 15) is 13.2 Å². The van der Waals surface area contributed by atoms with Gasteiger partial charge in [0.2, 0.25) is 5.91 Å². The highest BCUT2D eigenvalue weighted by atomic mass is 35.5. The molecule has 0 aliphatic rings. The number of aryl methyl sites for hydroxylation is 2. The van der Waals surface area contributed by atoms with Crippen molar-refractivity contribution in [3.05, 3.63) is 82.9 Å². The zero-order valence-corrected chi connectivity index (χ0v) is 20.6. The van der Waals surface area contributed by atoms with E-state index in [-0.39, 0.29) is 11.0 Å². The number of carbonyl (C=O) groups is 1. The van der Waals surface area contributed by atoms with Crippen molar-refractivity contribution in [3.63, 3.8) is 0 Å². The van der Waals surface area contributed by atoms with Crippen molar-refractivity contribution in [1.29, 1.82) is 0 Å². The minimum absolute atomic E-state index is 0.0163. The molecule has 3 aromatic rings. The largest absolute Gasteiger partial charge is 0.491 e. The summed E-state index contributed by atoms with van der Waals surface area (Å²) in [6, 6.07) is 18.3. The second-order valence-electron chi connectivity index (χ2n) is 8.00. The fourth-order valence-corrected chi connectivity index (χ4v) is 4.73. The standard InChI is InChI=1S/C25H27ClN2O4S/c1-17(2)32-22-7-5-6-20(14-22)27-25(29)16-28(21-11-10-19(4)24(26)15-21)33(30,31)23-12-8-18(3)9-13-23/h5-15,17H,16H2,1-4H3,(H,27,29). The Labute approximate surface area is 200 Å². The second kappa shape index (κ2) is 10.3. The van der Waals surface area contributed by atoms with Gasteiger partial charge in [0.05, 0.1) is 16.7 Å². The molecule has 0 aromatic heterocycles. The Hall–Kier alpha value is -3.03. The predicted octanol–water partition coefficient (Wildman–Crippen LogP) is 5.58. The molecule has 0 aliphatic heterocycles. The normalized spacial score (nSPS) is 11.3. The average molecular weight is 487 g/mol. The number of nitrogens with zero attached hydrogens (tertiary/aromatic N) is 1. The summed E-state index contributed by atoms with van der Waals surface area (Å²) in [7, 11) is -4.02. The van der Waals surface area contributed by atoms with E-state index in [1.54, 1.807) is 54.6 Å². The molecule has 0 atom stereocenters. The van der Waals surface area contributed by atoms with Crippen molar-refractivity contribution >= 4 is 38.9 Å². The summed E-state index contributed by atoms with van der Waals surface area (Å²) in [4.78, 5) is 13.0. The second-order valence-corrected chi connectivity index (χ2v) is 10.3. The van der Waals surface area contributed by atoms with Gasteiger partial charge in [-0.25, -0.2) is 8.42 Å². The molecule has 6 nitrogen and oxygen atoms in total. The SMILES string of the molecule is Cc1ccc(S(=O)(=O)N(CC(=O)Nc2cccc(OC(C)C)c2)c2ccc(C)c(Cl)c2)cc1. The van der Waals surface area contributed by atoms with Crippen LogP contribution in [0.25, 0.3) is 0 Å². The van der Waals surface area contributed by atoms with Crippen LogP contribution in [0.3, 0.4) is 0 Å². The highest BCUT2D eigenvalue weighted by Gasteiger charge is 2.27. The van der Waals surface area contributed by atoms with E-state index in [0.29, 0.717) is 22.1 Å². The lowest BCUT2D eigenvalue weighted by molar-refractivity contribution is -0.114. The zero-order chi connectivity index (χ0) is 24.2. The number of anilines is 2. The molecule has 3 aromatic carbocycles. The molecule has 0 fully saturated rings. The minimum atomic E-state index is -4.02. The number of ether oxygens (including phenoxy) is 1. The van der Waals surface area contributed by atoms with E-state index in [0.717, 1.165) is 15.4 Å². The van der Waals surface area contributed by atoms with Crippen LogP contribution in [0, 0.1) is 13.8 Å². The van der Waals surface area contributed by atoms with Crippen molar-refractivity contribution < 1.29 is 17.9 Å². The van der Waals surface area contributed by atoms with Crippen LogP contribution in [0.1, 0.15) is 25.0 Å². The van der Waals surface area contributed by atoms with Gasteiger partial charge in [0.15, 0.2) is 0 Å². The Morgan fingerprint density at radius 2 is 1.73 bits per heavy atom. The molecular formula is C25H27ClN2O4S. The van der Waals surface area contributed by atoms with Gasteiger partial charge in [0.25, 0.3) is 10.0 Å². The van der Waals surface area contributed by atoms with Gasteiger partial charge < -0.3 is 10.1 Å². The van der Waals surface area contributed by atoms with Gasteiger partial charge in [-0.1, -0.05) is 41.4 Å². The van der Waals surface area contributed by atoms with Gasteiger partial charge in [-0.15, -0.1) is 0 Å². The maximum Gasteiger partial charge on any atom is 0.264 e. The molecule has 33 heavy (non-hydrogen) atoms. The zero-order valence-electron chi connectivity index (χ0n) is 19.0. The van der Waals surface area contributed by atoms with Crippen LogP contribution in [0.4, 0.5) is 11.4 Å². The van der Waals surface area contributed by atoms with E-state index in [1.165, 1.54) is 12.1 Å². The van der Waals surface area contributed by atoms with Crippen molar-refractivity contribution in [2.75, 3.05) is 16.2 Å². The van der Waals surface area contributed by atoms with Crippen LogP contribution >= 0.6 is 11.6 Å². The number of nitrogens with one attached hydrogen (secondary N) is 1. The number of benzene rings is 3. The first kappa shape index (κ1) is 24.6. The number of halogens is 1. The summed E-state index contributed by atoms with van der Waals surface area (Å²) >= 11 is 6.26. The molecule has 1 N–H and O–H groups in total. The molecule has 0 radical (unpaired) electrons. The van der Waals surface area contributed by atoms with Crippen LogP contribution in [-0.4, -0.2) is 27.0 Å². The number of hydrogen-bond acceptors (Lipinski definition) is 4. The molecule has 8 heteroatoms. The maximum atomic E-state index is 13.5. The molecule has 0 unspecified atom stereocenters. The molecule has 0 saturated carbocycles. The topological polar surface area (TPSA) is 75.7 Å². The monoisotopic (exact) mass is 486 g/mol. The predicted molar refractivity (Wildman–Crippen MR) is 133 cm³/mol. The van der Waals surface area contributed by atoms with Crippen molar-refractivity contribution in [3.8, 4) is 5.75 Å². The summed E-state index contributed by atoms with van der Waals surface area (Å²) in [6.07, 6.45) is -0.0163. The average Bonchev–Trinajstić information content (AvgIpc) is 2.74. The lowest BCUT2D eigenvalue weighted by atomic mass is 10.2. The summed E-state index contributed by atoms with van der Waals surface area (Å²) in [5, 5.41) is 3.17. The van der Waals surface area contributed by atoms with Crippen molar-refractivity contribution in [2.24, 2.45) is 0 Å². The molecule has 3 rings (SSSR count). The van der Waals surface area contributed by atoms with Crippen molar-refractivity contribution in [2.45, 2.75) is 38.7 Å². The van der Waals surface area contributed by atoms with Gasteiger partial charge in [-0.05, 0) is 69.7 Å². The molecule has 1 amide bonds. The number of rotatable bonds is 8. The molecule has 174 valence electrons. The Morgan fingerprint density at radius 1 is 1.03 bits per heavy atom. The van der Waals surface area contributed by atoms with Gasteiger partial charge in [0.1, 0.15) is 12.3 Å². The lowest BCUT2D eigenvalue weighted by Gasteiger charge is -2.24. The number of carbonyl (C=O) groups excluding carboxylic acids is 1. The molecule has 0 spiro atoms. The molecule has 0 bridgehead atoms. The molecule has 0 saturated heterocycles. The van der Waals surface area contributed by atoms with E-state index in [4.69, 9.17) is 16.3 Å². The maximum absolute atomic E-state index is 13.5. The van der Waals surface area contributed by atoms with Gasteiger partial charge in [-0.3, -0.25) is 9.10 Å². The highest BCUT2D eigenvalue weighted by Crippen LogP contribution is 2.28. The third-order valence-electron chi connectivity index (χ3n) is 4.83. The first-order chi connectivity index (χ1) is 15.6. The molecular weight excluding hydrogens is 460 g/mol. The first-order valence-corrected chi connectivity index (χ1v) is 12.3. The van der Waals surface area contributed by atoms with Crippen LogP contribution in [0.5, 0.6) is 5.75 Å². The number of hydrogen-bond donors (Lipinski definition) is 1. The third kappa shape index (κ3) is 6.27. The number of sulfonamides is 1. The Morgan fingerprint density at radius 3 is 2.36 bits per heavy atom. The molecule has 0 aliphatic carbocycles. The van der Waals surface area contributed by atoms with Crippen molar-refractivity contribution in [1.82, 2.24) is 0 Å². The van der Waals surface area contributed by atoms with Crippen LogP contribution < -0.4 is 14.4 Å².